The number of nitrogens with zero attached hydrogens (tertiary/aromatic N) is 4. The lowest BCUT2D eigenvalue weighted by Gasteiger charge is -2.31. The Bertz CT molecular complexity index is 986. The van der Waals surface area contributed by atoms with E-state index in [0.717, 1.165) is 35.2 Å². The molecule has 6 nitrogen and oxygen atoms in total. The van der Waals surface area contributed by atoms with E-state index in [9.17, 15) is 9.59 Å². The number of amides is 2. The molecule has 2 amide bonds. The molecule has 1 aromatic carbocycles. The maximum absolute atomic E-state index is 13.3. The van der Waals surface area contributed by atoms with E-state index in [1.165, 1.54) is 5.69 Å². The molecule has 3 heterocycles. The first-order valence-electron chi connectivity index (χ1n) is 10.9. The summed E-state index contributed by atoms with van der Waals surface area (Å²) >= 11 is 0. The topological polar surface area (TPSA) is 58.4 Å². The second-order valence-corrected chi connectivity index (χ2v) is 9.55. The second-order valence-electron chi connectivity index (χ2n) is 9.55. The Morgan fingerprint density at radius 2 is 2.03 bits per heavy atom. The number of para-hydroxylation sites is 1. The Labute approximate surface area is 178 Å². The zero-order valence-corrected chi connectivity index (χ0v) is 18.7. The van der Waals surface area contributed by atoms with E-state index in [1.54, 1.807) is 0 Å². The van der Waals surface area contributed by atoms with Crippen molar-refractivity contribution in [3.05, 3.63) is 46.8 Å². The maximum Gasteiger partial charge on any atom is 0.228 e. The van der Waals surface area contributed by atoms with Crippen molar-refractivity contribution < 1.29 is 9.59 Å². The van der Waals surface area contributed by atoms with Crippen LogP contribution in [0.1, 0.15) is 56.5 Å². The SMILES string of the molecule is CCc1cccc(C)c1N1CC(C(=O)N2CCc3c(cnn3C(C)(C)C)C2)CC1=O. The molecule has 160 valence electrons. The highest BCUT2D eigenvalue weighted by Gasteiger charge is 2.39. The normalized spacial score (nSPS) is 19.4. The van der Waals surface area contributed by atoms with Gasteiger partial charge in [0, 0.05) is 49.4 Å². The van der Waals surface area contributed by atoms with Gasteiger partial charge in [0.05, 0.1) is 17.7 Å². The summed E-state index contributed by atoms with van der Waals surface area (Å²) in [6, 6.07) is 6.14. The summed E-state index contributed by atoms with van der Waals surface area (Å²) in [5.74, 6) is -0.136. The minimum atomic E-state index is -0.277. The monoisotopic (exact) mass is 408 g/mol. The molecule has 0 saturated carbocycles. The zero-order valence-electron chi connectivity index (χ0n) is 18.7. The second kappa shape index (κ2) is 7.56. The van der Waals surface area contributed by atoms with Crippen LogP contribution in [-0.4, -0.2) is 39.6 Å². The molecule has 2 aromatic rings. The Kier molecular flexibility index (Phi) is 5.20. The molecular weight excluding hydrogens is 376 g/mol. The summed E-state index contributed by atoms with van der Waals surface area (Å²) < 4.78 is 2.08. The minimum Gasteiger partial charge on any atom is -0.338 e. The van der Waals surface area contributed by atoms with Crippen LogP contribution >= 0.6 is 0 Å². The first-order valence-corrected chi connectivity index (χ1v) is 10.9. The Hall–Kier alpha value is -2.63. The van der Waals surface area contributed by atoms with Crippen LogP contribution < -0.4 is 4.90 Å². The van der Waals surface area contributed by atoms with E-state index in [4.69, 9.17) is 0 Å². The minimum absolute atomic E-state index is 0.0515. The van der Waals surface area contributed by atoms with Gasteiger partial charge in [0.15, 0.2) is 0 Å². The quantitative estimate of drug-likeness (QED) is 0.782. The fourth-order valence-corrected chi connectivity index (χ4v) is 4.84. The maximum atomic E-state index is 13.3. The highest BCUT2D eigenvalue weighted by Crippen LogP contribution is 2.33. The number of rotatable bonds is 3. The number of aryl methyl sites for hydroxylation is 2. The lowest BCUT2D eigenvalue weighted by atomic mass is 10.0. The standard InChI is InChI=1S/C24H32N4O2/c1-6-17-9-7-8-16(2)22(17)27-15-18(12-21(27)29)23(30)26-11-10-20-19(14-26)13-25-28(20)24(3,4)5/h7-9,13,18H,6,10-12,14-15H2,1-5H3. The lowest BCUT2D eigenvalue weighted by molar-refractivity contribution is -0.136. The molecule has 1 atom stereocenters. The fraction of sp³-hybridized carbons (Fsp3) is 0.542. The predicted molar refractivity (Wildman–Crippen MR) is 117 cm³/mol. The zero-order chi connectivity index (χ0) is 21.6. The first kappa shape index (κ1) is 20.6. The van der Waals surface area contributed by atoms with E-state index in [1.807, 2.05) is 35.1 Å². The summed E-state index contributed by atoms with van der Waals surface area (Å²) in [5.41, 5.74) is 5.53. The van der Waals surface area contributed by atoms with Gasteiger partial charge in [-0.25, -0.2) is 0 Å². The Morgan fingerprint density at radius 3 is 2.73 bits per heavy atom. The van der Waals surface area contributed by atoms with Crippen LogP contribution in [0.15, 0.2) is 24.4 Å². The highest BCUT2D eigenvalue weighted by atomic mass is 16.2. The van der Waals surface area contributed by atoms with Gasteiger partial charge in [-0.2, -0.15) is 5.10 Å². The van der Waals surface area contributed by atoms with E-state index < -0.39 is 0 Å². The molecule has 0 bridgehead atoms. The summed E-state index contributed by atoms with van der Waals surface area (Å²) in [6.45, 7) is 12.3. The van der Waals surface area contributed by atoms with Gasteiger partial charge in [-0.1, -0.05) is 25.1 Å². The van der Waals surface area contributed by atoms with Crippen LogP contribution in [0.5, 0.6) is 0 Å². The number of fused-ring (bicyclic) bond motifs is 1. The average Bonchev–Trinajstić information content (AvgIpc) is 3.30. The lowest BCUT2D eigenvalue weighted by Crippen LogP contribution is -2.41. The number of hydrogen-bond donors (Lipinski definition) is 0. The fourth-order valence-electron chi connectivity index (χ4n) is 4.84. The van der Waals surface area contributed by atoms with Crippen molar-refractivity contribution in [3.8, 4) is 0 Å². The third-order valence-corrected chi connectivity index (χ3v) is 6.33. The van der Waals surface area contributed by atoms with E-state index in [2.05, 4.69) is 43.5 Å². The number of hydrogen-bond acceptors (Lipinski definition) is 3. The van der Waals surface area contributed by atoms with Crippen molar-refractivity contribution in [3.63, 3.8) is 0 Å². The van der Waals surface area contributed by atoms with Gasteiger partial charge in [-0.05, 0) is 45.2 Å². The van der Waals surface area contributed by atoms with Gasteiger partial charge >= 0.3 is 0 Å². The van der Waals surface area contributed by atoms with Gasteiger partial charge in [0.2, 0.25) is 11.8 Å². The highest BCUT2D eigenvalue weighted by molar-refractivity contribution is 6.01. The van der Waals surface area contributed by atoms with E-state index in [0.29, 0.717) is 26.1 Å². The third kappa shape index (κ3) is 3.53. The van der Waals surface area contributed by atoms with Gasteiger partial charge in [-0.15, -0.1) is 0 Å². The number of anilines is 1. The summed E-state index contributed by atoms with van der Waals surface area (Å²) in [4.78, 5) is 29.9. The van der Waals surface area contributed by atoms with E-state index in [-0.39, 0.29) is 23.3 Å². The number of carbonyl (C=O) groups is 2. The molecule has 1 unspecified atom stereocenters. The van der Waals surface area contributed by atoms with Crippen LogP contribution in [0, 0.1) is 12.8 Å². The molecule has 2 aliphatic heterocycles. The van der Waals surface area contributed by atoms with Crippen molar-refractivity contribution >= 4 is 17.5 Å². The van der Waals surface area contributed by atoms with Crippen molar-refractivity contribution in [1.82, 2.24) is 14.7 Å². The molecule has 1 saturated heterocycles. The molecule has 6 heteroatoms. The van der Waals surface area contributed by atoms with Gasteiger partial charge in [0.25, 0.3) is 0 Å². The summed E-state index contributed by atoms with van der Waals surface area (Å²) in [5, 5.41) is 4.57. The molecule has 2 aliphatic rings. The van der Waals surface area contributed by atoms with Gasteiger partial charge in [0.1, 0.15) is 0 Å². The number of carbonyl (C=O) groups excluding carboxylic acids is 2. The summed E-state index contributed by atoms with van der Waals surface area (Å²) in [7, 11) is 0. The molecule has 30 heavy (non-hydrogen) atoms. The Morgan fingerprint density at radius 1 is 1.27 bits per heavy atom. The van der Waals surface area contributed by atoms with Crippen molar-refractivity contribution in [2.45, 2.75) is 66.0 Å². The first-order chi connectivity index (χ1) is 14.2. The molecule has 1 fully saturated rings. The molecule has 4 rings (SSSR count). The largest absolute Gasteiger partial charge is 0.338 e. The Balaban J connectivity index is 1.51. The number of aromatic nitrogens is 2. The molecule has 1 aromatic heterocycles. The van der Waals surface area contributed by atoms with Gasteiger partial charge < -0.3 is 9.80 Å². The van der Waals surface area contributed by atoms with Gasteiger partial charge in [-0.3, -0.25) is 14.3 Å². The number of benzene rings is 1. The van der Waals surface area contributed by atoms with Crippen LogP contribution in [0.4, 0.5) is 5.69 Å². The predicted octanol–water partition coefficient (Wildman–Crippen LogP) is 3.45. The third-order valence-electron chi connectivity index (χ3n) is 6.33. The molecular formula is C24H32N4O2. The van der Waals surface area contributed by atoms with Crippen LogP contribution in [0.25, 0.3) is 0 Å². The van der Waals surface area contributed by atoms with Crippen LogP contribution in [0.3, 0.4) is 0 Å². The average molecular weight is 409 g/mol. The molecule has 0 radical (unpaired) electrons. The molecule has 0 spiro atoms. The molecule has 0 aliphatic carbocycles. The van der Waals surface area contributed by atoms with Crippen molar-refractivity contribution in [2.24, 2.45) is 5.92 Å². The molecule has 0 N–H and O–H groups in total. The smallest absolute Gasteiger partial charge is 0.228 e. The van der Waals surface area contributed by atoms with Crippen molar-refractivity contribution in [2.75, 3.05) is 18.0 Å². The van der Waals surface area contributed by atoms with E-state index >= 15 is 0 Å². The van der Waals surface area contributed by atoms with Crippen molar-refractivity contribution in [1.29, 1.82) is 0 Å². The summed E-state index contributed by atoms with van der Waals surface area (Å²) in [6.07, 6.45) is 3.86. The van der Waals surface area contributed by atoms with Crippen LogP contribution in [0.2, 0.25) is 0 Å². The van der Waals surface area contributed by atoms with Crippen LogP contribution in [-0.2, 0) is 34.5 Å².